The molecular weight excluding hydrogens is 451 g/mol. The predicted octanol–water partition coefficient (Wildman–Crippen LogP) is 4.89. The van der Waals surface area contributed by atoms with Crippen LogP contribution in [0.25, 0.3) is 56.0 Å². The van der Waals surface area contributed by atoms with Crippen molar-refractivity contribution in [1.82, 2.24) is 40.0 Å². The van der Waals surface area contributed by atoms with Crippen LogP contribution >= 0.6 is 11.3 Å². The van der Waals surface area contributed by atoms with Crippen molar-refractivity contribution in [2.45, 2.75) is 6.54 Å². The molecule has 6 heterocycles. The number of nitrogens with zero attached hydrogens (tertiary/aromatic N) is 6. The van der Waals surface area contributed by atoms with Gasteiger partial charge < -0.3 is 9.88 Å². The standard InChI is InChI=1S/C24H19FN8S/c1-33(2)11-13-7-15(9-26-8-13)20-19(25)18-17(10-28-20)31-32-22(18)24-29-21-16(14-4-6-34-12-14)3-5-27-23(21)30-24/h3-10,12H,11H2,1-2H3,(H,31,32)(H,27,29,30). The molecule has 34 heavy (non-hydrogen) atoms. The van der Waals surface area contributed by atoms with Crippen LogP contribution in [0.4, 0.5) is 4.39 Å². The molecule has 0 radical (unpaired) electrons. The van der Waals surface area contributed by atoms with Crippen molar-refractivity contribution in [1.29, 1.82) is 0 Å². The smallest absolute Gasteiger partial charge is 0.161 e. The molecule has 6 aromatic rings. The van der Waals surface area contributed by atoms with Crippen molar-refractivity contribution in [3.63, 3.8) is 0 Å². The van der Waals surface area contributed by atoms with Crippen LogP contribution in [0.3, 0.4) is 0 Å². The molecule has 10 heteroatoms. The van der Waals surface area contributed by atoms with E-state index in [0.717, 1.165) is 16.7 Å². The van der Waals surface area contributed by atoms with E-state index in [4.69, 9.17) is 4.98 Å². The molecule has 0 fully saturated rings. The summed E-state index contributed by atoms with van der Waals surface area (Å²) in [5, 5.41) is 11.6. The zero-order valence-corrected chi connectivity index (χ0v) is 19.2. The van der Waals surface area contributed by atoms with Crippen molar-refractivity contribution < 1.29 is 4.39 Å². The second kappa shape index (κ2) is 8.08. The summed E-state index contributed by atoms with van der Waals surface area (Å²) < 4.78 is 15.9. The Morgan fingerprint density at radius 1 is 1.06 bits per heavy atom. The summed E-state index contributed by atoms with van der Waals surface area (Å²) in [7, 11) is 3.95. The van der Waals surface area contributed by atoms with E-state index in [1.807, 2.05) is 42.6 Å². The molecule has 0 amide bonds. The molecule has 0 saturated heterocycles. The average molecular weight is 471 g/mol. The fraction of sp³-hybridized carbons (Fsp3) is 0.125. The van der Waals surface area contributed by atoms with Crippen LogP contribution in [0.15, 0.2) is 53.7 Å². The van der Waals surface area contributed by atoms with E-state index in [2.05, 4.69) is 35.5 Å². The molecule has 0 unspecified atom stereocenters. The number of aromatic nitrogens is 7. The lowest BCUT2D eigenvalue weighted by Gasteiger charge is -2.10. The predicted molar refractivity (Wildman–Crippen MR) is 131 cm³/mol. The molecule has 8 nitrogen and oxygen atoms in total. The second-order valence-corrected chi connectivity index (χ2v) is 9.03. The molecule has 0 aromatic carbocycles. The molecule has 6 aromatic heterocycles. The molecule has 0 aliphatic heterocycles. The van der Waals surface area contributed by atoms with E-state index in [1.165, 1.54) is 0 Å². The molecular formula is C24H19FN8S. The Labute approximate surface area is 197 Å². The third-order valence-corrected chi connectivity index (χ3v) is 6.24. The third kappa shape index (κ3) is 3.44. The van der Waals surface area contributed by atoms with Crippen LogP contribution in [0, 0.1) is 5.82 Å². The van der Waals surface area contributed by atoms with Crippen LogP contribution in [0.5, 0.6) is 0 Å². The van der Waals surface area contributed by atoms with Gasteiger partial charge in [-0.15, -0.1) is 0 Å². The van der Waals surface area contributed by atoms with Crippen molar-refractivity contribution in [2.24, 2.45) is 0 Å². The maximum Gasteiger partial charge on any atom is 0.161 e. The Kier molecular flexibility index (Phi) is 4.89. The zero-order valence-electron chi connectivity index (χ0n) is 18.4. The lowest BCUT2D eigenvalue weighted by atomic mass is 10.1. The minimum Gasteiger partial charge on any atom is -0.321 e. The topological polar surface area (TPSA) is 99.3 Å². The number of imidazole rings is 1. The van der Waals surface area contributed by atoms with Gasteiger partial charge >= 0.3 is 0 Å². The van der Waals surface area contributed by atoms with Crippen molar-refractivity contribution in [2.75, 3.05) is 14.1 Å². The molecule has 0 spiro atoms. The van der Waals surface area contributed by atoms with Crippen LogP contribution in [0.1, 0.15) is 5.56 Å². The highest BCUT2D eigenvalue weighted by atomic mass is 32.1. The number of aromatic amines is 2. The minimum absolute atomic E-state index is 0.219. The molecule has 0 bridgehead atoms. The zero-order chi connectivity index (χ0) is 23.2. The van der Waals surface area contributed by atoms with Crippen molar-refractivity contribution in [3.05, 3.63) is 65.1 Å². The molecule has 0 saturated carbocycles. The molecule has 168 valence electrons. The van der Waals surface area contributed by atoms with E-state index in [9.17, 15) is 0 Å². The number of nitrogens with one attached hydrogen (secondary N) is 2. The molecule has 0 aliphatic rings. The van der Waals surface area contributed by atoms with Crippen LogP contribution in [0.2, 0.25) is 0 Å². The lowest BCUT2D eigenvalue weighted by molar-refractivity contribution is 0.402. The minimum atomic E-state index is -0.475. The van der Waals surface area contributed by atoms with Gasteiger partial charge in [0.05, 0.1) is 17.1 Å². The van der Waals surface area contributed by atoms with Crippen molar-refractivity contribution >= 4 is 33.4 Å². The number of fused-ring (bicyclic) bond motifs is 2. The summed E-state index contributed by atoms with van der Waals surface area (Å²) in [6.45, 7) is 0.695. The van der Waals surface area contributed by atoms with Gasteiger partial charge in [-0.1, -0.05) is 0 Å². The maximum atomic E-state index is 15.9. The first-order valence-electron chi connectivity index (χ1n) is 10.6. The van der Waals surface area contributed by atoms with E-state index in [-0.39, 0.29) is 5.69 Å². The Morgan fingerprint density at radius 2 is 1.97 bits per heavy atom. The first-order chi connectivity index (χ1) is 16.6. The molecule has 0 aliphatic carbocycles. The fourth-order valence-corrected chi connectivity index (χ4v) is 4.75. The lowest BCUT2D eigenvalue weighted by Crippen LogP contribution is -2.10. The Morgan fingerprint density at radius 3 is 2.79 bits per heavy atom. The van der Waals surface area contributed by atoms with Gasteiger partial charge in [-0.3, -0.25) is 15.1 Å². The van der Waals surface area contributed by atoms with Gasteiger partial charge in [0.1, 0.15) is 16.9 Å². The van der Waals surface area contributed by atoms with E-state index in [1.54, 1.807) is 36.1 Å². The summed E-state index contributed by atoms with van der Waals surface area (Å²) in [4.78, 5) is 23.0. The van der Waals surface area contributed by atoms with Gasteiger partial charge in [0.2, 0.25) is 0 Å². The average Bonchev–Trinajstić information content (AvgIpc) is 3.57. The summed E-state index contributed by atoms with van der Waals surface area (Å²) in [5.74, 6) is -0.0384. The third-order valence-electron chi connectivity index (χ3n) is 5.55. The van der Waals surface area contributed by atoms with Gasteiger partial charge in [-0.2, -0.15) is 16.4 Å². The number of hydrogen-bond acceptors (Lipinski definition) is 7. The number of halogens is 1. The number of hydrogen-bond donors (Lipinski definition) is 2. The Balaban J connectivity index is 1.50. The van der Waals surface area contributed by atoms with Crippen molar-refractivity contribution in [3.8, 4) is 33.9 Å². The molecule has 2 N–H and O–H groups in total. The maximum absolute atomic E-state index is 15.9. The fourth-order valence-electron chi connectivity index (χ4n) is 4.09. The first kappa shape index (κ1) is 20.6. The number of H-pyrrole nitrogens is 2. The highest BCUT2D eigenvalue weighted by Gasteiger charge is 2.21. The quantitative estimate of drug-likeness (QED) is 0.372. The monoisotopic (exact) mass is 470 g/mol. The Bertz CT molecular complexity index is 1630. The summed E-state index contributed by atoms with van der Waals surface area (Å²) in [6.07, 6.45) is 6.71. The number of rotatable bonds is 5. The Hall–Kier alpha value is -4.02. The second-order valence-electron chi connectivity index (χ2n) is 8.25. The van der Waals surface area contributed by atoms with E-state index in [0.29, 0.717) is 45.7 Å². The van der Waals surface area contributed by atoms with Gasteiger partial charge in [0.25, 0.3) is 0 Å². The normalized spacial score (nSPS) is 11.8. The van der Waals surface area contributed by atoms with Crippen LogP contribution in [-0.2, 0) is 6.54 Å². The van der Waals surface area contributed by atoms with Gasteiger partial charge in [-0.05, 0) is 54.2 Å². The highest BCUT2D eigenvalue weighted by Crippen LogP contribution is 2.34. The molecule has 0 atom stereocenters. The van der Waals surface area contributed by atoms with E-state index < -0.39 is 5.82 Å². The number of thiophene rings is 1. The SMILES string of the molecule is CN(C)Cc1cncc(-c2ncc3[nH]nc(-c4nc5c(-c6ccsc6)ccnc5[nH]4)c3c2F)c1. The molecule has 6 rings (SSSR count). The number of pyridine rings is 3. The summed E-state index contributed by atoms with van der Waals surface area (Å²) in [5.41, 5.74) is 6.01. The van der Waals surface area contributed by atoms with Gasteiger partial charge in [0.15, 0.2) is 17.3 Å². The van der Waals surface area contributed by atoms with Gasteiger partial charge in [0, 0.05) is 36.3 Å². The van der Waals surface area contributed by atoms with Crippen LogP contribution < -0.4 is 0 Å². The first-order valence-corrected chi connectivity index (χ1v) is 11.5. The summed E-state index contributed by atoms with van der Waals surface area (Å²) >= 11 is 1.61. The summed E-state index contributed by atoms with van der Waals surface area (Å²) in [6, 6.07) is 5.87. The largest absolute Gasteiger partial charge is 0.321 e. The van der Waals surface area contributed by atoms with Gasteiger partial charge in [-0.25, -0.2) is 14.4 Å². The highest BCUT2D eigenvalue weighted by molar-refractivity contribution is 7.08. The van der Waals surface area contributed by atoms with E-state index >= 15 is 4.39 Å². The van der Waals surface area contributed by atoms with Crippen LogP contribution in [-0.4, -0.2) is 54.1 Å².